The predicted octanol–water partition coefficient (Wildman–Crippen LogP) is 2.08. The first kappa shape index (κ1) is 16.5. The highest BCUT2D eigenvalue weighted by molar-refractivity contribution is 6.30. The van der Waals surface area contributed by atoms with Gasteiger partial charge in [-0.15, -0.1) is 0 Å². The number of aldehydes is 1. The molecule has 2 rings (SSSR count). The molecule has 1 aromatic rings. The molecule has 1 aliphatic rings. The van der Waals surface area contributed by atoms with E-state index in [1.807, 2.05) is 6.07 Å². The summed E-state index contributed by atoms with van der Waals surface area (Å²) in [7, 11) is 1.16. The molecule has 0 aliphatic heterocycles. The summed E-state index contributed by atoms with van der Waals surface area (Å²) in [5.41, 5.74) is -1.20. The summed E-state index contributed by atoms with van der Waals surface area (Å²) in [6, 6.07) is 8.50. The molecular formula is C16H16ClNO4. The second-order valence-corrected chi connectivity index (χ2v) is 5.83. The Bertz CT molecular complexity index is 610. The third kappa shape index (κ3) is 2.49. The van der Waals surface area contributed by atoms with Crippen LogP contribution in [0.1, 0.15) is 24.3 Å². The molecule has 0 unspecified atom stereocenters. The molecule has 22 heavy (non-hydrogen) atoms. The van der Waals surface area contributed by atoms with E-state index in [0.29, 0.717) is 17.0 Å². The number of hydrogen-bond donors (Lipinski definition) is 1. The predicted molar refractivity (Wildman–Crippen MR) is 79.0 cm³/mol. The van der Waals surface area contributed by atoms with Crippen molar-refractivity contribution < 1.29 is 19.4 Å². The lowest BCUT2D eigenvalue weighted by Gasteiger charge is -2.43. The van der Waals surface area contributed by atoms with Crippen LogP contribution in [0.3, 0.4) is 0 Å². The zero-order valence-electron chi connectivity index (χ0n) is 12.0. The van der Waals surface area contributed by atoms with Crippen molar-refractivity contribution in [3.05, 3.63) is 34.9 Å². The van der Waals surface area contributed by atoms with Gasteiger partial charge in [-0.25, -0.2) is 0 Å². The van der Waals surface area contributed by atoms with Gasteiger partial charge in [-0.3, -0.25) is 4.79 Å². The molecule has 6 heteroatoms. The van der Waals surface area contributed by atoms with Crippen LogP contribution in [-0.4, -0.2) is 30.6 Å². The minimum Gasteiger partial charge on any atom is -0.468 e. The molecule has 116 valence electrons. The average molecular weight is 322 g/mol. The number of halogens is 1. The highest BCUT2D eigenvalue weighted by Crippen LogP contribution is 2.50. The summed E-state index contributed by atoms with van der Waals surface area (Å²) in [4.78, 5) is 23.8. The molecule has 1 N–H and O–H groups in total. The Hall–Kier alpha value is -1.90. The Morgan fingerprint density at radius 3 is 2.59 bits per heavy atom. The first-order chi connectivity index (χ1) is 10.5. The smallest absolute Gasteiger partial charge is 0.329 e. The minimum absolute atomic E-state index is 0.191. The van der Waals surface area contributed by atoms with E-state index in [9.17, 15) is 20.0 Å². The van der Waals surface area contributed by atoms with E-state index in [2.05, 4.69) is 0 Å². The van der Waals surface area contributed by atoms with Gasteiger partial charge in [0.05, 0.1) is 19.3 Å². The first-order valence-electron chi connectivity index (χ1n) is 6.89. The molecule has 0 amide bonds. The molecule has 0 saturated heterocycles. The van der Waals surface area contributed by atoms with Crippen LogP contribution in [0.15, 0.2) is 24.3 Å². The van der Waals surface area contributed by atoms with Crippen molar-refractivity contribution in [1.82, 2.24) is 0 Å². The van der Waals surface area contributed by atoms with E-state index in [1.54, 1.807) is 24.3 Å². The largest absolute Gasteiger partial charge is 0.468 e. The Balaban J connectivity index is 2.63. The summed E-state index contributed by atoms with van der Waals surface area (Å²) in [6.07, 6.45) is 0.135. The normalized spacial score (nSPS) is 31.1. The number of hydrogen-bond acceptors (Lipinski definition) is 5. The molecule has 0 aromatic heterocycles. The molecule has 0 heterocycles. The molecule has 1 aliphatic carbocycles. The molecule has 1 saturated carbocycles. The summed E-state index contributed by atoms with van der Waals surface area (Å²) >= 11 is 5.87. The highest BCUT2D eigenvalue weighted by Gasteiger charge is 2.58. The van der Waals surface area contributed by atoms with E-state index in [-0.39, 0.29) is 6.42 Å². The number of carbonyl (C=O) groups excluding carboxylic acids is 2. The average Bonchev–Trinajstić information content (AvgIpc) is 2.55. The molecule has 0 radical (unpaired) electrons. The highest BCUT2D eigenvalue weighted by atomic mass is 35.5. The van der Waals surface area contributed by atoms with Crippen LogP contribution in [0.25, 0.3) is 0 Å². The fraction of sp³-hybridized carbons (Fsp3) is 0.438. The van der Waals surface area contributed by atoms with Gasteiger partial charge < -0.3 is 14.6 Å². The minimum atomic E-state index is -1.80. The van der Waals surface area contributed by atoms with Crippen LogP contribution in [0.2, 0.25) is 5.02 Å². The third-order valence-electron chi connectivity index (χ3n) is 4.33. The summed E-state index contributed by atoms with van der Waals surface area (Å²) in [5, 5.41) is 20.5. The van der Waals surface area contributed by atoms with E-state index < -0.39 is 29.3 Å². The zero-order valence-corrected chi connectivity index (χ0v) is 12.8. The molecular weight excluding hydrogens is 306 g/mol. The van der Waals surface area contributed by atoms with Crippen molar-refractivity contribution >= 4 is 23.9 Å². The van der Waals surface area contributed by atoms with E-state index in [4.69, 9.17) is 16.3 Å². The number of rotatable bonds is 3. The van der Waals surface area contributed by atoms with Gasteiger partial charge >= 0.3 is 5.97 Å². The molecule has 0 bridgehead atoms. The lowest BCUT2D eigenvalue weighted by Crippen LogP contribution is -2.52. The molecule has 1 aromatic carbocycles. The topological polar surface area (TPSA) is 87.4 Å². The molecule has 5 nitrogen and oxygen atoms in total. The van der Waals surface area contributed by atoms with Crippen LogP contribution in [0, 0.1) is 22.7 Å². The fourth-order valence-corrected chi connectivity index (χ4v) is 3.36. The van der Waals surface area contributed by atoms with Crippen molar-refractivity contribution in [2.75, 3.05) is 7.11 Å². The van der Waals surface area contributed by atoms with Crippen LogP contribution in [0.5, 0.6) is 0 Å². The Morgan fingerprint density at radius 2 is 2.09 bits per heavy atom. The maximum absolute atomic E-state index is 12.3. The summed E-state index contributed by atoms with van der Waals surface area (Å²) < 4.78 is 4.76. The monoisotopic (exact) mass is 321 g/mol. The lowest BCUT2D eigenvalue weighted by atomic mass is 9.58. The van der Waals surface area contributed by atoms with Crippen LogP contribution in [0.4, 0.5) is 0 Å². The van der Waals surface area contributed by atoms with Gasteiger partial charge in [0.2, 0.25) is 0 Å². The van der Waals surface area contributed by atoms with E-state index in [0.717, 1.165) is 13.4 Å². The van der Waals surface area contributed by atoms with Crippen molar-refractivity contribution in [3.63, 3.8) is 0 Å². The molecule has 0 spiro atoms. The number of methoxy groups -OCH3 is 1. The van der Waals surface area contributed by atoms with Gasteiger partial charge in [0.15, 0.2) is 5.41 Å². The Labute approximate surface area is 133 Å². The van der Waals surface area contributed by atoms with Gasteiger partial charge in [-0.05, 0) is 30.5 Å². The van der Waals surface area contributed by atoms with Crippen molar-refractivity contribution in [3.8, 4) is 6.07 Å². The maximum atomic E-state index is 12.3. The van der Waals surface area contributed by atoms with Crippen LogP contribution < -0.4 is 0 Å². The van der Waals surface area contributed by atoms with Crippen molar-refractivity contribution in [1.29, 1.82) is 5.26 Å². The number of aliphatic hydroxyl groups is 1. The SMILES string of the molecule is COC(=O)[C@@]1(C#N)[C@H](O)CC[C@@H](C=O)[C@@H]1c1ccc(Cl)cc1. The number of aliphatic hydroxyl groups excluding tert-OH is 1. The number of carbonyl (C=O) groups is 2. The van der Waals surface area contributed by atoms with Gasteiger partial charge in [0, 0.05) is 16.9 Å². The van der Waals surface area contributed by atoms with Crippen LogP contribution >= 0.6 is 11.6 Å². The number of nitrogens with zero attached hydrogens (tertiary/aromatic N) is 1. The Morgan fingerprint density at radius 1 is 1.45 bits per heavy atom. The second-order valence-electron chi connectivity index (χ2n) is 5.39. The van der Waals surface area contributed by atoms with E-state index >= 15 is 0 Å². The standard InChI is InChI=1S/C16H16ClNO4/c1-22-15(21)16(9-18)13(20)7-4-11(8-19)14(16)10-2-5-12(17)6-3-10/h2-3,5-6,8,11,13-14,20H,4,7H2,1H3/t11-,13+,14-,16-/m0/s1. The number of ether oxygens (including phenoxy) is 1. The zero-order chi connectivity index (χ0) is 16.3. The van der Waals surface area contributed by atoms with Gasteiger partial charge in [0.1, 0.15) is 6.29 Å². The fourth-order valence-electron chi connectivity index (χ4n) is 3.24. The first-order valence-corrected chi connectivity index (χ1v) is 7.27. The van der Waals surface area contributed by atoms with Gasteiger partial charge in [0.25, 0.3) is 0 Å². The quantitative estimate of drug-likeness (QED) is 0.680. The lowest BCUT2D eigenvalue weighted by molar-refractivity contribution is -0.161. The van der Waals surface area contributed by atoms with Crippen LogP contribution in [-0.2, 0) is 14.3 Å². The third-order valence-corrected chi connectivity index (χ3v) is 4.58. The molecule has 4 atom stereocenters. The number of benzene rings is 1. The second kappa shape index (κ2) is 6.47. The van der Waals surface area contributed by atoms with Crippen molar-refractivity contribution in [2.45, 2.75) is 24.9 Å². The van der Waals surface area contributed by atoms with E-state index in [1.165, 1.54) is 0 Å². The van der Waals surface area contributed by atoms with Gasteiger partial charge in [-0.1, -0.05) is 23.7 Å². The maximum Gasteiger partial charge on any atom is 0.329 e. The number of nitriles is 1. The number of esters is 1. The summed E-state index contributed by atoms with van der Waals surface area (Å²) in [5.74, 6) is -2.15. The van der Waals surface area contributed by atoms with Crippen molar-refractivity contribution in [2.24, 2.45) is 11.3 Å². The molecule has 1 fully saturated rings. The Kier molecular flexibility index (Phi) is 4.84. The van der Waals surface area contributed by atoms with Gasteiger partial charge in [-0.2, -0.15) is 5.26 Å². The summed E-state index contributed by atoms with van der Waals surface area (Å²) in [6.45, 7) is 0.